The van der Waals surface area contributed by atoms with E-state index in [1.165, 1.54) is 16.9 Å². The maximum Gasteiger partial charge on any atom is 0.303 e. The molecule has 0 aliphatic carbocycles. The van der Waals surface area contributed by atoms with Crippen molar-refractivity contribution >= 4 is 41.0 Å². The minimum atomic E-state index is -0.925. The molecule has 1 fully saturated rings. The van der Waals surface area contributed by atoms with Crippen LogP contribution in [0.15, 0.2) is 72.8 Å². The van der Waals surface area contributed by atoms with Crippen LogP contribution in [0.5, 0.6) is 0 Å². The van der Waals surface area contributed by atoms with Gasteiger partial charge in [0.1, 0.15) is 19.3 Å². The van der Waals surface area contributed by atoms with Crippen LogP contribution in [0.2, 0.25) is 10.0 Å². The average Bonchev–Trinajstić information content (AvgIpc) is 2.98. The lowest BCUT2D eigenvalue weighted by molar-refractivity contribution is -0.160. The summed E-state index contributed by atoms with van der Waals surface area (Å²) in [4.78, 5) is 37.3. The van der Waals surface area contributed by atoms with Gasteiger partial charge in [0, 0.05) is 23.0 Å². The molecule has 2 N–H and O–H groups in total. The highest BCUT2D eigenvalue weighted by Crippen LogP contribution is 2.40. The summed E-state index contributed by atoms with van der Waals surface area (Å²) in [7, 11) is 0. The molecule has 0 aromatic heterocycles. The Morgan fingerprint density at radius 3 is 2.02 bits per heavy atom. The van der Waals surface area contributed by atoms with E-state index >= 15 is 0 Å². The van der Waals surface area contributed by atoms with Gasteiger partial charge in [0.25, 0.3) is 0 Å². The summed E-state index contributed by atoms with van der Waals surface area (Å²) in [5, 5.41) is 20.9. The summed E-state index contributed by atoms with van der Waals surface area (Å²) in [6, 6.07) is 23.2. The summed E-state index contributed by atoms with van der Waals surface area (Å²) < 4.78 is 5.89. The second-order valence-corrected chi connectivity index (χ2v) is 10.7. The first-order valence-corrected chi connectivity index (χ1v) is 14.7. The molecule has 4 rings (SSSR count). The van der Waals surface area contributed by atoms with E-state index in [2.05, 4.69) is 25.2 Å². The molecule has 0 saturated carbocycles. The number of morpholine rings is 1. The lowest BCUT2D eigenvalue weighted by atomic mass is 9.92. The number of nitrogens with zero attached hydrogens (tertiary/aromatic N) is 2. The quantitative estimate of drug-likeness (QED) is 0.263. The number of hydrogen-bond acceptors (Lipinski definition) is 5. The van der Waals surface area contributed by atoms with Crippen molar-refractivity contribution in [3.63, 3.8) is 0 Å². The highest BCUT2D eigenvalue weighted by molar-refractivity contribution is 6.30. The number of aryl methyl sites for hydroxylation is 1. The molecule has 43 heavy (non-hydrogen) atoms. The maximum atomic E-state index is 12.7. The number of amides is 2. The van der Waals surface area contributed by atoms with Gasteiger partial charge in [-0.05, 0) is 60.9 Å². The van der Waals surface area contributed by atoms with Crippen molar-refractivity contribution in [3.05, 3.63) is 105 Å². The number of nitrogens with one attached hydrogen (secondary N) is 1. The molecule has 228 valence electrons. The Labute approximate surface area is 263 Å². The third-order valence-electron chi connectivity index (χ3n) is 6.12. The topological polar surface area (TPSA) is 120 Å². The van der Waals surface area contributed by atoms with Crippen molar-refractivity contribution in [1.29, 1.82) is 5.26 Å². The number of nitriles is 1. The summed E-state index contributed by atoms with van der Waals surface area (Å²) >= 11 is 12.0. The first-order chi connectivity index (χ1) is 20.6. The van der Waals surface area contributed by atoms with Crippen LogP contribution in [-0.4, -0.2) is 47.5 Å². The van der Waals surface area contributed by atoms with E-state index in [9.17, 15) is 14.4 Å². The largest absolute Gasteiger partial charge is 0.481 e. The van der Waals surface area contributed by atoms with E-state index in [1.807, 2.05) is 43.3 Å². The van der Waals surface area contributed by atoms with Crippen molar-refractivity contribution in [3.8, 4) is 6.07 Å². The van der Waals surface area contributed by atoms with Gasteiger partial charge in [-0.15, -0.1) is 0 Å². The fourth-order valence-corrected chi connectivity index (χ4v) is 4.34. The minimum Gasteiger partial charge on any atom is -0.481 e. The maximum absolute atomic E-state index is 12.7. The summed E-state index contributed by atoms with van der Waals surface area (Å²) in [6.07, 6.45) is 1.02. The molecule has 1 heterocycles. The predicted octanol–water partition coefficient (Wildman–Crippen LogP) is 6.90. The second-order valence-electron chi connectivity index (χ2n) is 9.83. The Hall–Kier alpha value is -3.90. The Kier molecular flexibility index (Phi) is 15.3. The van der Waals surface area contributed by atoms with Gasteiger partial charge in [-0.1, -0.05) is 85.4 Å². The van der Waals surface area contributed by atoms with Crippen LogP contribution in [0.25, 0.3) is 0 Å². The van der Waals surface area contributed by atoms with E-state index in [0.717, 1.165) is 16.7 Å². The monoisotopic (exact) mass is 625 g/mol. The van der Waals surface area contributed by atoms with Crippen LogP contribution < -0.4 is 5.32 Å². The Bertz CT molecular complexity index is 1360. The van der Waals surface area contributed by atoms with Crippen molar-refractivity contribution in [2.75, 3.05) is 19.7 Å². The highest BCUT2D eigenvalue weighted by atomic mass is 35.5. The fraction of sp³-hybridized carbons (Fsp3) is 0.333. The van der Waals surface area contributed by atoms with Gasteiger partial charge in [-0.3, -0.25) is 14.4 Å². The van der Waals surface area contributed by atoms with E-state index in [-0.39, 0.29) is 37.9 Å². The van der Waals surface area contributed by atoms with Gasteiger partial charge in [-0.25, -0.2) is 0 Å². The van der Waals surface area contributed by atoms with Gasteiger partial charge in [0.15, 0.2) is 0 Å². The van der Waals surface area contributed by atoms with Crippen LogP contribution in [0.3, 0.4) is 0 Å². The van der Waals surface area contributed by atoms with Crippen LogP contribution in [-0.2, 0) is 19.1 Å². The Balaban J connectivity index is 0.000000449. The summed E-state index contributed by atoms with van der Waals surface area (Å²) in [5.41, 5.74) is 3.51. The first-order valence-electron chi connectivity index (χ1n) is 14.0. The number of halogens is 2. The molecule has 0 spiro atoms. The number of carbonyl (C=O) groups excluding carboxylic acids is 2. The van der Waals surface area contributed by atoms with E-state index < -0.39 is 18.1 Å². The van der Waals surface area contributed by atoms with E-state index in [4.69, 9.17) is 38.3 Å². The number of rotatable bonds is 8. The van der Waals surface area contributed by atoms with E-state index in [0.29, 0.717) is 16.5 Å². The van der Waals surface area contributed by atoms with Gasteiger partial charge in [0.2, 0.25) is 11.8 Å². The SMILES string of the molecule is CCC.Cc1ccc(C#N)cc1.O=C(O)CCCNC(=O)CN1C(=O)COC(c2ccc(Cl)cc2)C1c1ccc(Cl)cc1. The normalized spacial score (nSPS) is 15.6. The van der Waals surface area contributed by atoms with Crippen molar-refractivity contribution in [2.45, 2.75) is 52.2 Å². The molecule has 2 amide bonds. The van der Waals surface area contributed by atoms with Gasteiger partial charge >= 0.3 is 5.97 Å². The molecule has 0 bridgehead atoms. The number of hydrogen-bond donors (Lipinski definition) is 2. The zero-order valence-electron chi connectivity index (χ0n) is 24.6. The number of carbonyl (C=O) groups is 3. The standard InChI is InChI=1S/C22H22Cl2N2O5.C8H7N.C3H8/c23-16-7-3-14(4-8-16)21-22(15-5-9-17(24)10-6-15)31-13-19(28)26(21)12-18(27)25-11-1-2-20(29)30;1-7-2-4-8(6-9)5-3-7;1-3-2/h3-10,21-22H,1-2,11-13H2,(H,25,27)(H,29,30);2-5H,1H3;3H2,1-2H3. The fourth-order valence-electron chi connectivity index (χ4n) is 4.09. The molecular formula is C33H37Cl2N3O5. The van der Waals surface area contributed by atoms with Gasteiger partial charge in [-0.2, -0.15) is 5.26 Å². The lowest BCUT2D eigenvalue weighted by Crippen LogP contribution is -2.49. The van der Waals surface area contributed by atoms with E-state index in [1.54, 1.807) is 36.4 Å². The summed E-state index contributed by atoms with van der Waals surface area (Å²) in [6.45, 7) is 6.13. The van der Waals surface area contributed by atoms with Gasteiger partial charge in [0.05, 0.1) is 17.7 Å². The molecule has 3 aromatic carbocycles. The molecule has 0 radical (unpaired) electrons. The predicted molar refractivity (Wildman–Crippen MR) is 168 cm³/mol. The third kappa shape index (κ3) is 12.1. The zero-order chi connectivity index (χ0) is 31.8. The molecule has 2 atom stereocenters. The highest BCUT2D eigenvalue weighted by Gasteiger charge is 2.39. The average molecular weight is 627 g/mol. The van der Waals surface area contributed by atoms with Crippen LogP contribution in [0.4, 0.5) is 0 Å². The molecule has 2 unspecified atom stereocenters. The number of carboxylic acid groups (broad SMARTS) is 1. The Morgan fingerprint density at radius 2 is 1.51 bits per heavy atom. The molecular weight excluding hydrogens is 589 g/mol. The Morgan fingerprint density at radius 1 is 0.977 bits per heavy atom. The van der Waals surface area contributed by atoms with Gasteiger partial charge < -0.3 is 20.1 Å². The smallest absolute Gasteiger partial charge is 0.303 e. The number of carboxylic acids is 1. The number of benzene rings is 3. The van der Waals surface area contributed by atoms with Crippen LogP contribution in [0.1, 0.15) is 67.5 Å². The minimum absolute atomic E-state index is 0.0389. The van der Waals surface area contributed by atoms with Crippen LogP contribution >= 0.6 is 23.2 Å². The number of aliphatic carboxylic acids is 1. The molecule has 10 heteroatoms. The molecule has 1 saturated heterocycles. The lowest BCUT2D eigenvalue weighted by Gasteiger charge is -2.41. The van der Waals surface area contributed by atoms with Crippen molar-refractivity contribution in [1.82, 2.24) is 10.2 Å². The molecule has 1 aliphatic rings. The van der Waals surface area contributed by atoms with Crippen molar-refractivity contribution < 1.29 is 24.2 Å². The first kappa shape index (κ1) is 35.3. The van der Waals surface area contributed by atoms with Crippen molar-refractivity contribution in [2.24, 2.45) is 0 Å². The molecule has 1 aliphatic heterocycles. The second kappa shape index (κ2) is 18.6. The summed E-state index contributed by atoms with van der Waals surface area (Å²) in [5.74, 6) is -1.61. The molecule has 3 aromatic rings. The molecule has 8 nitrogen and oxygen atoms in total. The van der Waals surface area contributed by atoms with Crippen LogP contribution in [0, 0.1) is 18.3 Å². The third-order valence-corrected chi connectivity index (χ3v) is 6.63. The number of ether oxygens (including phenoxy) is 1. The zero-order valence-corrected chi connectivity index (χ0v) is 26.1.